The van der Waals surface area contributed by atoms with Gasteiger partial charge in [0.2, 0.25) is 0 Å². The summed E-state index contributed by atoms with van der Waals surface area (Å²) in [5.41, 5.74) is -0.0465. The van der Waals surface area contributed by atoms with Crippen LogP contribution in [0, 0.1) is 11.7 Å². The second-order valence-electron chi connectivity index (χ2n) is 4.98. The molecule has 1 aliphatic carbocycles. The van der Waals surface area contributed by atoms with Gasteiger partial charge >= 0.3 is 5.97 Å². The number of amides is 1. The van der Waals surface area contributed by atoms with Crippen molar-refractivity contribution in [1.29, 1.82) is 0 Å². The smallest absolute Gasteiger partial charge is 0.306 e. The number of aliphatic carboxylic acids is 1. The van der Waals surface area contributed by atoms with E-state index in [9.17, 15) is 14.0 Å². The van der Waals surface area contributed by atoms with Gasteiger partial charge in [0, 0.05) is 11.1 Å². The standard InChI is InChI=1S/C14H15ClFNO3/c15-9-3-6-11(12(16)7-9)13(18)17-10-4-1-8(2-5-10)14(19)20/h3,6-8,10H,1-2,4-5H2,(H,17,18)(H,19,20). The molecule has 4 nitrogen and oxygen atoms in total. The van der Waals surface area contributed by atoms with Crippen LogP contribution in [0.1, 0.15) is 36.0 Å². The van der Waals surface area contributed by atoms with Crippen LogP contribution in [0.4, 0.5) is 4.39 Å². The van der Waals surface area contributed by atoms with Gasteiger partial charge < -0.3 is 10.4 Å². The summed E-state index contributed by atoms with van der Waals surface area (Å²) in [7, 11) is 0. The fraction of sp³-hybridized carbons (Fsp3) is 0.429. The number of benzene rings is 1. The molecule has 108 valence electrons. The van der Waals surface area contributed by atoms with E-state index >= 15 is 0 Å². The van der Waals surface area contributed by atoms with Gasteiger partial charge in [-0.3, -0.25) is 9.59 Å². The van der Waals surface area contributed by atoms with Crippen molar-refractivity contribution in [3.63, 3.8) is 0 Å². The number of hydrogen-bond acceptors (Lipinski definition) is 2. The lowest BCUT2D eigenvalue weighted by Crippen LogP contribution is -2.39. The SMILES string of the molecule is O=C(NC1CCC(C(=O)O)CC1)c1ccc(Cl)cc1F. The summed E-state index contributed by atoms with van der Waals surface area (Å²) in [5, 5.41) is 11.9. The van der Waals surface area contributed by atoms with E-state index in [1.54, 1.807) is 0 Å². The van der Waals surface area contributed by atoms with Gasteiger partial charge in [0.15, 0.2) is 0 Å². The Morgan fingerprint density at radius 2 is 1.90 bits per heavy atom. The van der Waals surface area contributed by atoms with E-state index in [1.807, 2.05) is 0 Å². The van der Waals surface area contributed by atoms with Crippen molar-refractivity contribution in [2.75, 3.05) is 0 Å². The van der Waals surface area contributed by atoms with E-state index in [4.69, 9.17) is 16.7 Å². The molecule has 0 aromatic heterocycles. The Morgan fingerprint density at radius 3 is 2.45 bits per heavy atom. The first-order chi connectivity index (χ1) is 9.47. The van der Waals surface area contributed by atoms with Crippen molar-refractivity contribution in [3.05, 3.63) is 34.6 Å². The molecule has 1 aromatic rings. The third-order valence-electron chi connectivity index (χ3n) is 3.59. The molecule has 1 aliphatic rings. The predicted octanol–water partition coefficient (Wildman–Crippen LogP) is 2.85. The Kier molecular flexibility index (Phi) is 4.60. The van der Waals surface area contributed by atoms with Gasteiger partial charge in [-0.15, -0.1) is 0 Å². The van der Waals surface area contributed by atoms with Crippen LogP contribution >= 0.6 is 11.6 Å². The number of halogens is 2. The highest BCUT2D eigenvalue weighted by molar-refractivity contribution is 6.30. The van der Waals surface area contributed by atoms with Gasteiger partial charge in [-0.25, -0.2) is 4.39 Å². The Labute approximate surface area is 120 Å². The summed E-state index contributed by atoms with van der Waals surface area (Å²) in [6.45, 7) is 0. The van der Waals surface area contributed by atoms with E-state index in [2.05, 4.69) is 5.32 Å². The monoisotopic (exact) mass is 299 g/mol. The van der Waals surface area contributed by atoms with Crippen molar-refractivity contribution in [3.8, 4) is 0 Å². The third-order valence-corrected chi connectivity index (χ3v) is 3.82. The molecule has 0 heterocycles. The molecule has 0 radical (unpaired) electrons. The van der Waals surface area contributed by atoms with Gasteiger partial charge in [-0.2, -0.15) is 0 Å². The van der Waals surface area contributed by atoms with Gasteiger partial charge in [0.25, 0.3) is 5.91 Å². The van der Waals surface area contributed by atoms with Crippen LogP contribution in [0.15, 0.2) is 18.2 Å². The first-order valence-electron chi connectivity index (χ1n) is 6.46. The number of carboxylic acid groups (broad SMARTS) is 1. The number of carboxylic acids is 1. The van der Waals surface area contributed by atoms with Crippen LogP contribution in [0.3, 0.4) is 0 Å². The quantitative estimate of drug-likeness (QED) is 0.902. The maximum absolute atomic E-state index is 13.6. The van der Waals surface area contributed by atoms with E-state index in [0.717, 1.165) is 6.07 Å². The second-order valence-corrected chi connectivity index (χ2v) is 5.42. The zero-order valence-electron chi connectivity index (χ0n) is 10.7. The van der Waals surface area contributed by atoms with E-state index in [0.29, 0.717) is 25.7 Å². The maximum Gasteiger partial charge on any atom is 0.306 e. The highest BCUT2D eigenvalue weighted by Gasteiger charge is 2.27. The largest absolute Gasteiger partial charge is 0.481 e. The topological polar surface area (TPSA) is 66.4 Å². The number of rotatable bonds is 3. The van der Waals surface area contributed by atoms with Crippen molar-refractivity contribution in [1.82, 2.24) is 5.32 Å². The Balaban J connectivity index is 1.94. The lowest BCUT2D eigenvalue weighted by atomic mass is 9.86. The summed E-state index contributed by atoms with van der Waals surface area (Å²) in [5.74, 6) is -2.28. The number of hydrogen-bond donors (Lipinski definition) is 2. The van der Waals surface area contributed by atoms with Gasteiger partial charge in [0.05, 0.1) is 11.5 Å². The van der Waals surface area contributed by atoms with Gasteiger partial charge in [-0.1, -0.05) is 11.6 Å². The maximum atomic E-state index is 13.6. The Bertz CT molecular complexity index is 527. The predicted molar refractivity (Wildman–Crippen MR) is 72.3 cm³/mol. The molecule has 0 atom stereocenters. The molecule has 20 heavy (non-hydrogen) atoms. The molecule has 2 N–H and O–H groups in total. The minimum Gasteiger partial charge on any atom is -0.481 e. The molecule has 0 saturated heterocycles. The highest BCUT2D eigenvalue weighted by Crippen LogP contribution is 2.25. The summed E-state index contributed by atoms with van der Waals surface area (Å²) in [6.07, 6.45) is 2.25. The average Bonchev–Trinajstić information content (AvgIpc) is 2.39. The molecule has 0 aliphatic heterocycles. The minimum atomic E-state index is -0.793. The van der Waals surface area contributed by atoms with Crippen molar-refractivity contribution < 1.29 is 19.1 Å². The van der Waals surface area contributed by atoms with Crippen LogP contribution in [-0.2, 0) is 4.79 Å². The summed E-state index contributed by atoms with van der Waals surface area (Å²) in [4.78, 5) is 22.8. The molecular weight excluding hydrogens is 285 g/mol. The van der Waals surface area contributed by atoms with Gasteiger partial charge in [0.1, 0.15) is 5.82 Å². The van der Waals surface area contributed by atoms with Crippen LogP contribution < -0.4 is 5.32 Å². The molecule has 6 heteroatoms. The first kappa shape index (κ1) is 14.8. The zero-order valence-corrected chi connectivity index (χ0v) is 11.5. The Morgan fingerprint density at radius 1 is 1.25 bits per heavy atom. The molecule has 1 saturated carbocycles. The lowest BCUT2D eigenvalue weighted by molar-refractivity contribution is -0.142. The van der Waals surface area contributed by atoms with E-state index in [1.165, 1.54) is 12.1 Å². The molecule has 0 spiro atoms. The number of carbonyl (C=O) groups is 2. The molecule has 0 bridgehead atoms. The molecular formula is C14H15ClFNO3. The zero-order chi connectivity index (χ0) is 14.7. The summed E-state index contributed by atoms with van der Waals surface area (Å²) < 4.78 is 13.6. The van der Waals surface area contributed by atoms with Crippen LogP contribution in [0.2, 0.25) is 5.02 Å². The fourth-order valence-electron chi connectivity index (χ4n) is 2.42. The average molecular weight is 300 g/mol. The molecule has 1 aromatic carbocycles. The van der Waals surface area contributed by atoms with E-state index < -0.39 is 17.7 Å². The van der Waals surface area contributed by atoms with Crippen LogP contribution in [0.5, 0.6) is 0 Å². The van der Waals surface area contributed by atoms with Gasteiger partial charge in [-0.05, 0) is 43.9 Å². The number of nitrogens with one attached hydrogen (secondary N) is 1. The first-order valence-corrected chi connectivity index (χ1v) is 6.84. The summed E-state index contributed by atoms with van der Waals surface area (Å²) in [6, 6.07) is 3.79. The van der Waals surface area contributed by atoms with Crippen molar-refractivity contribution >= 4 is 23.5 Å². The molecule has 1 amide bonds. The summed E-state index contributed by atoms with van der Waals surface area (Å²) >= 11 is 5.63. The minimum absolute atomic E-state index is 0.0465. The molecule has 0 unspecified atom stereocenters. The lowest BCUT2D eigenvalue weighted by Gasteiger charge is -2.26. The normalized spacial score (nSPS) is 22.3. The third kappa shape index (κ3) is 3.48. The fourth-order valence-corrected chi connectivity index (χ4v) is 2.58. The van der Waals surface area contributed by atoms with E-state index in [-0.39, 0.29) is 22.5 Å². The molecule has 2 rings (SSSR count). The van der Waals surface area contributed by atoms with Crippen LogP contribution in [-0.4, -0.2) is 23.0 Å². The number of carbonyl (C=O) groups excluding carboxylic acids is 1. The van der Waals surface area contributed by atoms with Crippen LogP contribution in [0.25, 0.3) is 0 Å². The van der Waals surface area contributed by atoms with Crippen molar-refractivity contribution in [2.45, 2.75) is 31.7 Å². The highest BCUT2D eigenvalue weighted by atomic mass is 35.5. The second kappa shape index (κ2) is 6.22. The van der Waals surface area contributed by atoms with Crippen molar-refractivity contribution in [2.24, 2.45) is 5.92 Å². The Hall–Kier alpha value is -1.62. The molecule has 1 fully saturated rings.